The predicted molar refractivity (Wildman–Crippen MR) is 111 cm³/mol. The maximum Gasteiger partial charge on any atom is 0.326 e. The normalized spacial score (nSPS) is 18.5. The molecule has 0 bridgehead atoms. The van der Waals surface area contributed by atoms with Gasteiger partial charge in [-0.05, 0) is 74.4 Å². The molecule has 0 aliphatic heterocycles. The number of hydrogen-bond acceptors (Lipinski definition) is 3. The fourth-order valence-corrected chi connectivity index (χ4v) is 3.86. The summed E-state index contributed by atoms with van der Waals surface area (Å²) in [5, 5.41) is 4.44. The van der Waals surface area contributed by atoms with Gasteiger partial charge in [0.2, 0.25) is 0 Å². The van der Waals surface area contributed by atoms with Crippen molar-refractivity contribution in [3.8, 4) is 5.75 Å². The van der Waals surface area contributed by atoms with Crippen molar-refractivity contribution in [2.45, 2.75) is 52.1 Å². The first-order valence-electron chi connectivity index (χ1n) is 10.2. The minimum Gasteiger partial charge on any atom is -0.490 e. The molecule has 1 saturated carbocycles. The lowest BCUT2D eigenvalue weighted by atomic mass is 9.84. The molecule has 5 nitrogen and oxygen atoms in total. The third-order valence-electron chi connectivity index (χ3n) is 5.49. The van der Waals surface area contributed by atoms with Gasteiger partial charge in [0.05, 0.1) is 0 Å². The fourth-order valence-electron chi connectivity index (χ4n) is 3.86. The third kappa shape index (κ3) is 5.14. The Morgan fingerprint density at radius 2 is 1.80 bits per heavy atom. The van der Waals surface area contributed by atoms with E-state index in [0.29, 0.717) is 11.6 Å². The maximum absolute atomic E-state index is 13.7. The van der Waals surface area contributed by atoms with Crippen LogP contribution in [0.2, 0.25) is 0 Å². The largest absolute Gasteiger partial charge is 0.490 e. The van der Waals surface area contributed by atoms with Gasteiger partial charge in [0.25, 0.3) is 5.91 Å². The molecule has 2 unspecified atom stereocenters. The average molecular weight is 416 g/mol. The van der Waals surface area contributed by atoms with Gasteiger partial charge >= 0.3 is 6.03 Å². The second-order valence-corrected chi connectivity index (χ2v) is 7.59. The number of hydrogen-bond donors (Lipinski definition) is 2. The van der Waals surface area contributed by atoms with Crippen molar-refractivity contribution >= 4 is 17.6 Å². The summed E-state index contributed by atoms with van der Waals surface area (Å²) in [5.74, 6) is -1.92. The molecule has 0 aromatic heterocycles. The van der Waals surface area contributed by atoms with Crippen molar-refractivity contribution in [2.75, 3.05) is 5.32 Å². The number of carbonyl (C=O) groups excluding carboxylic acids is 2. The van der Waals surface area contributed by atoms with Gasteiger partial charge in [-0.25, -0.2) is 13.6 Å². The van der Waals surface area contributed by atoms with E-state index in [1.807, 2.05) is 12.2 Å². The molecule has 2 atom stereocenters. The van der Waals surface area contributed by atoms with Crippen LogP contribution < -0.4 is 15.4 Å². The molecule has 1 aliphatic carbocycles. The lowest BCUT2D eigenvalue weighted by Crippen LogP contribution is -2.35. The van der Waals surface area contributed by atoms with Gasteiger partial charge in [-0.3, -0.25) is 10.1 Å². The van der Waals surface area contributed by atoms with E-state index < -0.39 is 29.1 Å². The molecule has 160 valence electrons. The molecule has 0 spiro atoms. The summed E-state index contributed by atoms with van der Waals surface area (Å²) in [7, 11) is 0. The van der Waals surface area contributed by atoms with Crippen LogP contribution in [0.3, 0.4) is 0 Å². The highest BCUT2D eigenvalue weighted by molar-refractivity contribution is 6.08. The molecule has 1 aliphatic rings. The number of anilines is 1. The van der Waals surface area contributed by atoms with Gasteiger partial charge < -0.3 is 10.1 Å². The summed E-state index contributed by atoms with van der Waals surface area (Å²) >= 11 is 0. The fraction of sp³-hybridized carbons (Fsp3) is 0.391. The molecule has 3 amide bonds. The Bertz CT molecular complexity index is 912. The number of nitrogens with one attached hydrogen (secondary N) is 2. The first-order valence-corrected chi connectivity index (χ1v) is 10.2. The maximum atomic E-state index is 13.7. The minimum absolute atomic E-state index is 0.192. The van der Waals surface area contributed by atoms with Gasteiger partial charge in [-0.2, -0.15) is 0 Å². The number of urea groups is 1. The first-order chi connectivity index (χ1) is 14.4. The van der Waals surface area contributed by atoms with E-state index in [2.05, 4.69) is 12.2 Å². The van der Waals surface area contributed by atoms with Crippen LogP contribution in [0, 0.1) is 24.5 Å². The summed E-state index contributed by atoms with van der Waals surface area (Å²) in [4.78, 5) is 24.1. The van der Waals surface area contributed by atoms with Gasteiger partial charge in [0.1, 0.15) is 29.1 Å². The quantitative estimate of drug-likeness (QED) is 0.668. The predicted octanol–water partition coefficient (Wildman–Crippen LogP) is 5.58. The number of amides is 3. The summed E-state index contributed by atoms with van der Waals surface area (Å²) in [6.45, 7) is 4.06. The zero-order chi connectivity index (χ0) is 21.7. The highest BCUT2D eigenvalue weighted by Crippen LogP contribution is 2.32. The number of halogens is 2. The number of ether oxygens (including phenoxy) is 1. The van der Waals surface area contributed by atoms with E-state index in [9.17, 15) is 18.4 Å². The Morgan fingerprint density at radius 3 is 2.47 bits per heavy atom. The van der Waals surface area contributed by atoms with E-state index in [0.717, 1.165) is 48.8 Å². The highest BCUT2D eigenvalue weighted by Gasteiger charge is 2.25. The Kier molecular flexibility index (Phi) is 7.03. The Morgan fingerprint density at radius 1 is 1.10 bits per heavy atom. The van der Waals surface area contributed by atoms with Crippen LogP contribution in [0.15, 0.2) is 36.4 Å². The average Bonchev–Trinajstić information content (AvgIpc) is 2.70. The zero-order valence-corrected chi connectivity index (χ0v) is 17.1. The number of carbonyl (C=O) groups is 2. The lowest BCUT2D eigenvalue weighted by molar-refractivity contribution is 0.0897. The van der Waals surface area contributed by atoms with Crippen molar-refractivity contribution in [3.63, 3.8) is 0 Å². The van der Waals surface area contributed by atoms with Crippen molar-refractivity contribution < 1.29 is 23.1 Å². The van der Waals surface area contributed by atoms with E-state index in [1.165, 1.54) is 12.8 Å². The molecule has 7 heteroatoms. The van der Waals surface area contributed by atoms with Crippen LogP contribution in [0.5, 0.6) is 5.75 Å². The molecule has 0 radical (unpaired) electrons. The summed E-state index contributed by atoms with van der Waals surface area (Å²) in [6.07, 6.45) is 5.89. The molecule has 2 N–H and O–H groups in total. The Hall–Kier alpha value is -2.96. The number of imide groups is 1. The number of rotatable bonds is 5. The standard InChI is InChI=1S/C23H26F2N2O3/c1-3-15-7-4-5-10-20(15)30-19-12-11-16(13-14(19)2)26-23(29)27-22(28)21-17(24)8-6-9-18(21)25/h6,8-9,11-13,15,20H,3-5,7,10H2,1-2H3,(H2,26,27,28,29). The second kappa shape index (κ2) is 9.69. The molecule has 3 rings (SSSR count). The minimum atomic E-state index is -1.15. The van der Waals surface area contributed by atoms with Gasteiger partial charge in [-0.15, -0.1) is 0 Å². The van der Waals surface area contributed by atoms with E-state index in [-0.39, 0.29) is 6.10 Å². The first kappa shape index (κ1) is 21.7. The van der Waals surface area contributed by atoms with Crippen LogP contribution >= 0.6 is 0 Å². The van der Waals surface area contributed by atoms with Crippen LogP contribution in [0.4, 0.5) is 19.3 Å². The van der Waals surface area contributed by atoms with Crippen LogP contribution in [-0.2, 0) is 0 Å². The molecular formula is C23H26F2N2O3. The lowest BCUT2D eigenvalue weighted by Gasteiger charge is -2.31. The van der Waals surface area contributed by atoms with Crippen molar-refractivity contribution in [1.82, 2.24) is 5.32 Å². The topological polar surface area (TPSA) is 67.4 Å². The molecular weight excluding hydrogens is 390 g/mol. The van der Waals surface area contributed by atoms with E-state index >= 15 is 0 Å². The Balaban J connectivity index is 1.62. The molecule has 0 saturated heterocycles. The molecule has 1 fully saturated rings. The van der Waals surface area contributed by atoms with E-state index in [4.69, 9.17) is 4.74 Å². The molecule has 2 aromatic rings. The third-order valence-corrected chi connectivity index (χ3v) is 5.49. The number of benzene rings is 2. The van der Waals surface area contributed by atoms with E-state index in [1.54, 1.807) is 18.2 Å². The summed E-state index contributed by atoms with van der Waals surface area (Å²) in [6, 6.07) is 7.34. The SMILES string of the molecule is CCC1CCCCC1Oc1ccc(NC(=O)NC(=O)c2c(F)cccc2F)cc1C. The van der Waals surface area contributed by atoms with Crippen molar-refractivity contribution in [1.29, 1.82) is 0 Å². The van der Waals surface area contributed by atoms with Crippen LogP contribution in [0.1, 0.15) is 54.9 Å². The molecule has 2 aromatic carbocycles. The monoisotopic (exact) mass is 416 g/mol. The Labute approximate surface area is 174 Å². The van der Waals surface area contributed by atoms with Crippen LogP contribution in [-0.4, -0.2) is 18.0 Å². The highest BCUT2D eigenvalue weighted by atomic mass is 19.1. The smallest absolute Gasteiger partial charge is 0.326 e. The number of aryl methyl sites for hydroxylation is 1. The zero-order valence-electron chi connectivity index (χ0n) is 17.1. The molecule has 30 heavy (non-hydrogen) atoms. The van der Waals surface area contributed by atoms with Gasteiger partial charge in [0.15, 0.2) is 0 Å². The van der Waals surface area contributed by atoms with Crippen molar-refractivity contribution in [3.05, 3.63) is 59.2 Å². The second-order valence-electron chi connectivity index (χ2n) is 7.59. The van der Waals surface area contributed by atoms with Crippen LogP contribution in [0.25, 0.3) is 0 Å². The summed E-state index contributed by atoms with van der Waals surface area (Å²) < 4.78 is 33.6. The van der Waals surface area contributed by atoms with Gasteiger partial charge in [0, 0.05) is 5.69 Å². The van der Waals surface area contributed by atoms with Crippen molar-refractivity contribution in [2.24, 2.45) is 5.92 Å². The summed E-state index contributed by atoms with van der Waals surface area (Å²) in [5.41, 5.74) is 0.486. The molecule has 0 heterocycles. The van der Waals surface area contributed by atoms with Gasteiger partial charge in [-0.1, -0.05) is 19.4 Å².